The van der Waals surface area contributed by atoms with Crippen molar-refractivity contribution in [2.24, 2.45) is 0 Å². The minimum Gasteiger partial charge on any atom is -0.488 e. The Kier molecular flexibility index (Phi) is 8.80. The summed E-state index contributed by atoms with van der Waals surface area (Å²) in [4.78, 5) is 15.5. The Labute approximate surface area is 242 Å². The van der Waals surface area contributed by atoms with Crippen molar-refractivity contribution in [1.82, 2.24) is 10.3 Å². The Morgan fingerprint density at radius 1 is 1.12 bits per heavy atom. The van der Waals surface area contributed by atoms with Crippen LogP contribution in [-0.4, -0.2) is 33.8 Å². The number of halogens is 1. The second-order valence-corrected chi connectivity index (χ2v) is 10.1. The fourth-order valence-corrected chi connectivity index (χ4v) is 5.20. The van der Waals surface area contributed by atoms with Crippen molar-refractivity contribution in [3.05, 3.63) is 112 Å². The number of aromatic nitrogens is 1. The molecule has 208 valence electrons. The van der Waals surface area contributed by atoms with Crippen molar-refractivity contribution >= 4 is 17.6 Å². The van der Waals surface area contributed by atoms with Gasteiger partial charge in [-0.2, -0.15) is 5.26 Å². The van der Waals surface area contributed by atoms with Gasteiger partial charge in [0.1, 0.15) is 36.3 Å². The third-order valence-electron chi connectivity index (χ3n) is 7.02. The molecular weight excluding hydrogens is 542 g/mol. The number of ether oxygens (including phenoxy) is 2. The zero-order valence-corrected chi connectivity index (χ0v) is 22.8. The second-order valence-electron chi connectivity index (χ2n) is 9.71. The monoisotopic (exact) mass is 569 g/mol. The largest absolute Gasteiger partial charge is 0.488 e. The van der Waals surface area contributed by atoms with Gasteiger partial charge in [0.15, 0.2) is 0 Å². The lowest BCUT2D eigenvalue weighted by Gasteiger charge is -2.20. The van der Waals surface area contributed by atoms with Gasteiger partial charge in [0.25, 0.3) is 0 Å². The minimum atomic E-state index is -1.17. The number of benzene rings is 3. The summed E-state index contributed by atoms with van der Waals surface area (Å²) in [6.07, 6.45) is 4.53. The number of aliphatic hydroxyl groups excluding tert-OH is 1. The van der Waals surface area contributed by atoms with E-state index in [1.807, 2.05) is 24.3 Å². The lowest BCUT2D eigenvalue weighted by Crippen LogP contribution is -2.39. The number of aliphatic carboxylic acids is 1. The number of carboxylic acids is 1. The highest BCUT2D eigenvalue weighted by Crippen LogP contribution is 2.42. The molecule has 1 aromatic heterocycles. The zero-order valence-electron chi connectivity index (χ0n) is 22.1. The highest BCUT2D eigenvalue weighted by molar-refractivity contribution is 6.32. The van der Waals surface area contributed by atoms with E-state index in [0.717, 1.165) is 24.0 Å². The number of aliphatic hydroxyl groups is 1. The highest BCUT2D eigenvalue weighted by Gasteiger charge is 2.28. The molecule has 4 aromatic rings. The normalized spacial score (nSPS) is 14.6. The predicted octanol–water partition coefficient (Wildman–Crippen LogP) is 5.45. The van der Waals surface area contributed by atoms with Crippen LogP contribution >= 0.6 is 11.6 Å². The molecule has 0 aliphatic heterocycles. The zero-order chi connectivity index (χ0) is 28.8. The molecule has 2 unspecified atom stereocenters. The van der Waals surface area contributed by atoms with Crippen LogP contribution in [0.15, 0.2) is 79.1 Å². The summed E-state index contributed by atoms with van der Waals surface area (Å²) in [7, 11) is 0. The van der Waals surface area contributed by atoms with Crippen molar-refractivity contribution in [3.63, 3.8) is 0 Å². The SMILES string of the molecule is N#Cc1cncc(COc2cc(OC3CCc4c(-c5ccccc5)cccc43)c(Cl)cc2CNC(CO)C(=O)O)c1. The van der Waals surface area contributed by atoms with Gasteiger partial charge in [-0.3, -0.25) is 15.1 Å². The van der Waals surface area contributed by atoms with Crippen LogP contribution in [0, 0.1) is 11.3 Å². The van der Waals surface area contributed by atoms with Crippen LogP contribution < -0.4 is 14.8 Å². The van der Waals surface area contributed by atoms with Crippen molar-refractivity contribution in [2.75, 3.05) is 6.61 Å². The number of fused-ring (bicyclic) bond motifs is 1. The number of hydrogen-bond acceptors (Lipinski definition) is 7. The molecule has 0 radical (unpaired) electrons. The molecule has 0 saturated heterocycles. The fraction of sp³-hybridized carbons (Fsp3) is 0.219. The molecule has 5 rings (SSSR count). The average Bonchev–Trinajstić information content (AvgIpc) is 3.41. The average molecular weight is 570 g/mol. The summed E-state index contributed by atoms with van der Waals surface area (Å²) in [6.45, 7) is -0.374. The number of nitrogens with one attached hydrogen (secondary N) is 1. The summed E-state index contributed by atoms with van der Waals surface area (Å²) >= 11 is 6.68. The van der Waals surface area contributed by atoms with Crippen molar-refractivity contribution in [1.29, 1.82) is 5.26 Å². The van der Waals surface area contributed by atoms with E-state index in [1.165, 1.54) is 17.3 Å². The maximum absolute atomic E-state index is 11.4. The molecular formula is C32H28ClN3O5. The standard InChI is InChI=1S/C32H28ClN3O5/c33-27-12-23(17-36-28(18-37)32(38)39)30(40-19-21-11-20(14-34)15-35-16-21)13-31(27)41-29-10-9-25-24(7-4-8-26(25)29)22-5-2-1-3-6-22/h1-8,11-13,15-16,28-29,36-37H,9-10,17-19H2,(H,38,39). The van der Waals surface area contributed by atoms with E-state index in [0.29, 0.717) is 33.2 Å². The summed E-state index contributed by atoms with van der Waals surface area (Å²) < 4.78 is 12.6. The third kappa shape index (κ3) is 6.50. The molecule has 0 bridgehead atoms. The topological polar surface area (TPSA) is 125 Å². The van der Waals surface area contributed by atoms with Gasteiger partial charge in [0, 0.05) is 36.1 Å². The summed E-state index contributed by atoms with van der Waals surface area (Å²) in [6, 6.07) is 22.5. The predicted molar refractivity (Wildman–Crippen MR) is 154 cm³/mol. The third-order valence-corrected chi connectivity index (χ3v) is 7.32. The van der Waals surface area contributed by atoms with Crippen molar-refractivity contribution in [3.8, 4) is 28.7 Å². The van der Waals surface area contributed by atoms with E-state index in [9.17, 15) is 20.3 Å². The molecule has 1 heterocycles. The van der Waals surface area contributed by atoms with Crippen LogP contribution in [0.4, 0.5) is 0 Å². The Morgan fingerprint density at radius 3 is 2.71 bits per heavy atom. The number of pyridine rings is 1. The van der Waals surface area contributed by atoms with Crippen LogP contribution in [0.2, 0.25) is 5.02 Å². The first-order chi connectivity index (χ1) is 20.0. The Balaban J connectivity index is 1.42. The Bertz CT molecular complexity index is 1590. The second kappa shape index (κ2) is 12.8. The van der Waals surface area contributed by atoms with E-state index < -0.39 is 18.6 Å². The molecule has 1 aliphatic carbocycles. The van der Waals surface area contributed by atoms with Crippen molar-refractivity contribution < 1.29 is 24.5 Å². The molecule has 3 N–H and O–H groups in total. The first-order valence-electron chi connectivity index (χ1n) is 13.2. The van der Waals surface area contributed by atoms with Crippen LogP contribution in [0.1, 0.15) is 40.3 Å². The van der Waals surface area contributed by atoms with Gasteiger partial charge in [0.2, 0.25) is 0 Å². The van der Waals surface area contributed by atoms with Gasteiger partial charge >= 0.3 is 5.97 Å². The lowest BCUT2D eigenvalue weighted by molar-refractivity contribution is -0.140. The molecule has 1 aliphatic rings. The first-order valence-corrected chi connectivity index (χ1v) is 13.5. The molecule has 8 nitrogen and oxygen atoms in total. The molecule has 41 heavy (non-hydrogen) atoms. The number of carbonyl (C=O) groups is 1. The quantitative estimate of drug-likeness (QED) is 0.218. The Hall–Kier alpha value is -4.42. The molecule has 0 fully saturated rings. The summed E-state index contributed by atoms with van der Waals surface area (Å²) in [5, 5.41) is 31.1. The van der Waals surface area contributed by atoms with E-state index in [-0.39, 0.29) is 19.3 Å². The molecule has 0 saturated carbocycles. The fourth-order valence-electron chi connectivity index (χ4n) is 4.97. The van der Waals surface area contributed by atoms with Gasteiger partial charge in [-0.15, -0.1) is 0 Å². The van der Waals surface area contributed by atoms with Gasteiger partial charge < -0.3 is 19.7 Å². The first kappa shape index (κ1) is 28.1. The summed E-state index contributed by atoms with van der Waals surface area (Å²) in [5.74, 6) is -0.304. The van der Waals surface area contributed by atoms with E-state index >= 15 is 0 Å². The summed E-state index contributed by atoms with van der Waals surface area (Å²) in [5.41, 5.74) is 6.41. The number of rotatable bonds is 11. The van der Waals surface area contributed by atoms with Gasteiger partial charge in [-0.1, -0.05) is 60.1 Å². The Morgan fingerprint density at radius 2 is 1.95 bits per heavy atom. The van der Waals surface area contributed by atoms with Crippen LogP contribution in [0.25, 0.3) is 11.1 Å². The molecule has 0 spiro atoms. The van der Waals surface area contributed by atoms with E-state index in [2.05, 4.69) is 40.6 Å². The number of nitriles is 1. The maximum Gasteiger partial charge on any atom is 0.323 e. The molecule has 9 heteroatoms. The molecule has 2 atom stereocenters. The molecule has 3 aromatic carbocycles. The van der Waals surface area contributed by atoms with Gasteiger partial charge in [0.05, 0.1) is 17.2 Å². The number of hydrogen-bond donors (Lipinski definition) is 3. The number of carboxylic acid groups (broad SMARTS) is 1. The van der Waals surface area contributed by atoms with Crippen molar-refractivity contribution in [2.45, 2.75) is 38.1 Å². The van der Waals surface area contributed by atoms with Gasteiger partial charge in [-0.05, 0) is 47.2 Å². The van der Waals surface area contributed by atoms with Gasteiger partial charge in [-0.25, -0.2) is 0 Å². The highest BCUT2D eigenvalue weighted by atomic mass is 35.5. The smallest absolute Gasteiger partial charge is 0.323 e. The lowest BCUT2D eigenvalue weighted by atomic mass is 9.97. The van der Waals surface area contributed by atoms with E-state index in [1.54, 1.807) is 24.4 Å². The van der Waals surface area contributed by atoms with Crippen LogP contribution in [0.5, 0.6) is 11.5 Å². The van der Waals surface area contributed by atoms with Crippen LogP contribution in [0.3, 0.4) is 0 Å². The number of nitrogens with zero attached hydrogens (tertiary/aromatic N) is 2. The molecule has 0 amide bonds. The van der Waals surface area contributed by atoms with E-state index in [4.69, 9.17) is 21.1 Å². The van der Waals surface area contributed by atoms with Crippen LogP contribution in [-0.2, 0) is 24.4 Å². The maximum atomic E-state index is 11.4. The minimum absolute atomic E-state index is 0.0794.